The summed E-state index contributed by atoms with van der Waals surface area (Å²) in [6.45, 7) is 8.08. The van der Waals surface area contributed by atoms with Gasteiger partial charge in [-0.2, -0.15) is 4.31 Å². The molecule has 5 rings (SSSR count). The fourth-order valence-corrected chi connectivity index (χ4v) is 6.36. The molecule has 2 aromatic carbocycles. The first-order chi connectivity index (χ1) is 17.4. The summed E-state index contributed by atoms with van der Waals surface area (Å²) in [6.07, 6.45) is 1.78. The molecule has 2 aromatic rings. The predicted molar refractivity (Wildman–Crippen MR) is 137 cm³/mol. The monoisotopic (exact) mass is 514 g/mol. The summed E-state index contributed by atoms with van der Waals surface area (Å²) in [7, 11) is -3.49. The Morgan fingerprint density at radius 1 is 0.917 bits per heavy atom. The normalized spacial score (nSPS) is 19.9. The van der Waals surface area contributed by atoms with Crippen LogP contribution in [0.1, 0.15) is 25.3 Å². The van der Waals surface area contributed by atoms with Crippen molar-refractivity contribution in [3.05, 3.63) is 48.0 Å². The lowest BCUT2D eigenvalue weighted by atomic mass is 10.0. The highest BCUT2D eigenvalue weighted by atomic mass is 32.2. The van der Waals surface area contributed by atoms with Gasteiger partial charge in [0.2, 0.25) is 22.7 Å². The van der Waals surface area contributed by atoms with Crippen LogP contribution in [0.3, 0.4) is 0 Å². The number of carbonyl (C=O) groups excluding carboxylic acids is 1. The molecule has 0 aromatic heterocycles. The number of amides is 1. The van der Waals surface area contributed by atoms with Gasteiger partial charge in [-0.3, -0.25) is 14.6 Å². The van der Waals surface area contributed by atoms with Crippen molar-refractivity contribution >= 4 is 21.6 Å². The summed E-state index contributed by atoms with van der Waals surface area (Å²) in [5.74, 6) is 2.06. The molecule has 0 bridgehead atoms. The molecule has 3 heterocycles. The zero-order chi connectivity index (χ0) is 25.1. The van der Waals surface area contributed by atoms with E-state index < -0.39 is 10.0 Å². The lowest BCUT2D eigenvalue weighted by Crippen LogP contribution is -2.48. The number of rotatable bonds is 7. The number of piperidine rings is 1. The summed E-state index contributed by atoms with van der Waals surface area (Å²) in [5, 5.41) is 2.90. The lowest BCUT2D eigenvalue weighted by molar-refractivity contribution is -0.117. The standard InChI is InChI=1S/C26H34N4O5S/c1-20-8-10-30(11-9-20)36(32,33)23-5-3-22(4-6-23)27-26(31)18-29-14-12-28(13-15-29)17-21-2-7-24-25(16-21)35-19-34-24/h2-7,16,20H,8-15,17-19H2,1H3,(H,27,31). The van der Waals surface area contributed by atoms with Gasteiger partial charge in [0, 0.05) is 51.5 Å². The lowest BCUT2D eigenvalue weighted by Gasteiger charge is -2.34. The van der Waals surface area contributed by atoms with E-state index in [2.05, 4.69) is 28.1 Å². The van der Waals surface area contributed by atoms with Gasteiger partial charge in [0.05, 0.1) is 11.4 Å². The Bertz CT molecular complexity index is 1170. The molecule has 1 N–H and O–H groups in total. The quantitative estimate of drug-likeness (QED) is 0.607. The van der Waals surface area contributed by atoms with Gasteiger partial charge in [0.1, 0.15) is 0 Å². The van der Waals surface area contributed by atoms with Crippen LogP contribution in [0.15, 0.2) is 47.4 Å². The van der Waals surface area contributed by atoms with Crippen molar-refractivity contribution in [3.63, 3.8) is 0 Å². The van der Waals surface area contributed by atoms with Crippen LogP contribution >= 0.6 is 0 Å². The van der Waals surface area contributed by atoms with Gasteiger partial charge in [-0.15, -0.1) is 0 Å². The average Bonchev–Trinajstić information content (AvgIpc) is 3.34. The largest absolute Gasteiger partial charge is 0.454 e. The van der Waals surface area contributed by atoms with Crippen molar-refractivity contribution in [1.29, 1.82) is 0 Å². The van der Waals surface area contributed by atoms with Gasteiger partial charge in [-0.05, 0) is 60.7 Å². The van der Waals surface area contributed by atoms with Crippen LogP contribution in [0.25, 0.3) is 0 Å². The van der Waals surface area contributed by atoms with E-state index in [1.165, 1.54) is 5.56 Å². The molecule has 0 saturated carbocycles. The number of ether oxygens (including phenoxy) is 2. The molecule has 0 spiro atoms. The van der Waals surface area contributed by atoms with Crippen molar-refractivity contribution < 1.29 is 22.7 Å². The molecule has 10 heteroatoms. The number of hydrogen-bond donors (Lipinski definition) is 1. The Morgan fingerprint density at radius 2 is 1.58 bits per heavy atom. The zero-order valence-electron chi connectivity index (χ0n) is 20.7. The van der Waals surface area contributed by atoms with Crippen LogP contribution in [0.2, 0.25) is 0 Å². The molecule has 36 heavy (non-hydrogen) atoms. The number of sulfonamides is 1. The van der Waals surface area contributed by atoms with Gasteiger partial charge in [-0.25, -0.2) is 8.42 Å². The fourth-order valence-electron chi connectivity index (χ4n) is 4.89. The molecule has 3 aliphatic rings. The molecular formula is C26H34N4O5S. The van der Waals surface area contributed by atoms with Crippen molar-refractivity contribution in [2.45, 2.75) is 31.2 Å². The Hall–Kier alpha value is -2.66. The van der Waals surface area contributed by atoms with E-state index in [0.717, 1.165) is 57.1 Å². The smallest absolute Gasteiger partial charge is 0.243 e. The van der Waals surface area contributed by atoms with E-state index in [0.29, 0.717) is 31.2 Å². The number of piperazine rings is 1. The van der Waals surface area contributed by atoms with Gasteiger partial charge < -0.3 is 14.8 Å². The SMILES string of the molecule is CC1CCN(S(=O)(=O)c2ccc(NC(=O)CN3CCN(Cc4ccc5c(c4)OCO5)CC3)cc2)CC1. The van der Waals surface area contributed by atoms with Crippen molar-refractivity contribution in [3.8, 4) is 11.5 Å². The van der Waals surface area contributed by atoms with E-state index in [1.807, 2.05) is 12.1 Å². The number of nitrogens with zero attached hydrogens (tertiary/aromatic N) is 3. The van der Waals surface area contributed by atoms with Gasteiger partial charge >= 0.3 is 0 Å². The third-order valence-electron chi connectivity index (χ3n) is 7.19. The Balaban J connectivity index is 1.07. The molecule has 0 atom stereocenters. The number of fused-ring (bicyclic) bond motifs is 1. The van der Waals surface area contributed by atoms with Crippen LogP contribution in [0, 0.1) is 5.92 Å². The maximum absolute atomic E-state index is 12.9. The Labute approximate surface area is 213 Å². The van der Waals surface area contributed by atoms with Crippen molar-refractivity contribution in [2.75, 3.05) is 57.9 Å². The molecule has 194 valence electrons. The summed E-state index contributed by atoms with van der Waals surface area (Å²) < 4.78 is 38.2. The Kier molecular flexibility index (Phi) is 7.47. The van der Waals surface area contributed by atoms with E-state index in [-0.39, 0.29) is 17.6 Å². The van der Waals surface area contributed by atoms with Crippen LogP contribution in [0.4, 0.5) is 5.69 Å². The maximum Gasteiger partial charge on any atom is 0.243 e. The highest BCUT2D eigenvalue weighted by Crippen LogP contribution is 2.33. The number of anilines is 1. The molecule has 0 radical (unpaired) electrons. The Morgan fingerprint density at radius 3 is 2.31 bits per heavy atom. The van der Waals surface area contributed by atoms with E-state index in [9.17, 15) is 13.2 Å². The first-order valence-electron chi connectivity index (χ1n) is 12.6. The topological polar surface area (TPSA) is 91.4 Å². The molecule has 0 aliphatic carbocycles. The number of benzene rings is 2. The van der Waals surface area contributed by atoms with Crippen molar-refractivity contribution in [1.82, 2.24) is 14.1 Å². The third-order valence-corrected chi connectivity index (χ3v) is 9.11. The predicted octanol–water partition coefficient (Wildman–Crippen LogP) is 2.59. The third kappa shape index (κ3) is 5.83. The first kappa shape index (κ1) is 25.0. The second kappa shape index (κ2) is 10.8. The number of carbonyl (C=O) groups is 1. The molecule has 9 nitrogen and oxygen atoms in total. The van der Waals surface area contributed by atoms with Crippen LogP contribution < -0.4 is 14.8 Å². The minimum atomic E-state index is -3.49. The van der Waals surface area contributed by atoms with Gasteiger partial charge in [0.15, 0.2) is 11.5 Å². The highest BCUT2D eigenvalue weighted by Gasteiger charge is 2.28. The molecule has 1 amide bonds. The first-order valence-corrected chi connectivity index (χ1v) is 14.0. The van der Waals surface area contributed by atoms with Crippen molar-refractivity contribution in [2.24, 2.45) is 5.92 Å². The average molecular weight is 515 g/mol. The van der Waals surface area contributed by atoms with E-state index in [1.54, 1.807) is 28.6 Å². The molecular weight excluding hydrogens is 480 g/mol. The second-order valence-corrected chi connectivity index (χ2v) is 11.8. The van der Waals surface area contributed by atoms with Crippen LogP contribution in [0.5, 0.6) is 11.5 Å². The van der Waals surface area contributed by atoms with Gasteiger partial charge in [0.25, 0.3) is 0 Å². The molecule has 2 saturated heterocycles. The molecule has 0 unspecified atom stereocenters. The maximum atomic E-state index is 12.9. The summed E-state index contributed by atoms with van der Waals surface area (Å²) in [5.41, 5.74) is 1.79. The molecule has 3 aliphatic heterocycles. The zero-order valence-corrected chi connectivity index (χ0v) is 21.5. The van der Waals surface area contributed by atoms with Crippen LogP contribution in [-0.4, -0.2) is 81.0 Å². The van der Waals surface area contributed by atoms with Crippen LogP contribution in [-0.2, 0) is 21.4 Å². The molecule has 2 fully saturated rings. The summed E-state index contributed by atoms with van der Waals surface area (Å²) in [4.78, 5) is 17.4. The minimum Gasteiger partial charge on any atom is -0.454 e. The minimum absolute atomic E-state index is 0.0974. The highest BCUT2D eigenvalue weighted by molar-refractivity contribution is 7.89. The second-order valence-electron chi connectivity index (χ2n) is 9.90. The fraction of sp³-hybridized carbons (Fsp3) is 0.500. The number of hydrogen-bond acceptors (Lipinski definition) is 7. The van der Waals surface area contributed by atoms with E-state index in [4.69, 9.17) is 9.47 Å². The summed E-state index contributed by atoms with van der Waals surface area (Å²) >= 11 is 0. The summed E-state index contributed by atoms with van der Waals surface area (Å²) in [6, 6.07) is 12.5. The van der Waals surface area contributed by atoms with Gasteiger partial charge in [-0.1, -0.05) is 13.0 Å². The number of nitrogens with one attached hydrogen (secondary N) is 1. The van der Waals surface area contributed by atoms with E-state index >= 15 is 0 Å².